The first-order valence-electron chi connectivity index (χ1n) is 18.3. The Morgan fingerprint density at radius 1 is 0.548 bits per heavy atom. The number of esters is 1. The molecule has 0 amide bonds. The lowest BCUT2D eigenvalue weighted by Crippen LogP contribution is -2.14. The van der Waals surface area contributed by atoms with Crippen molar-refractivity contribution in [3.05, 3.63) is 24.3 Å². The number of hydrogen-bond donors (Lipinski definition) is 1. The number of carbonyl (C=O) groups excluding carboxylic acids is 1. The fourth-order valence-electron chi connectivity index (χ4n) is 5.43. The molecule has 0 spiro atoms. The predicted molar refractivity (Wildman–Crippen MR) is 181 cm³/mol. The van der Waals surface area contributed by atoms with Crippen LogP contribution in [0.5, 0.6) is 0 Å². The quantitative estimate of drug-likeness (QED) is 0.0469. The topological polar surface area (TPSA) is 63.6 Å². The number of unbranched alkanes of at least 4 members (excludes halogenated alkanes) is 22. The molecule has 4 nitrogen and oxygen atoms in total. The highest BCUT2D eigenvalue weighted by molar-refractivity contribution is 5.69. The van der Waals surface area contributed by atoms with Gasteiger partial charge in [-0.05, 0) is 64.7 Å². The number of hydrogen-bond acceptors (Lipinski definition) is 3. The maximum absolute atomic E-state index is 12.1. The molecule has 0 rings (SSSR count). The maximum atomic E-state index is 12.1. The van der Waals surface area contributed by atoms with Crippen LogP contribution in [0.4, 0.5) is 0 Å². The van der Waals surface area contributed by atoms with E-state index in [1.165, 1.54) is 128 Å². The van der Waals surface area contributed by atoms with Crippen LogP contribution in [0.25, 0.3) is 0 Å². The van der Waals surface area contributed by atoms with Crippen LogP contribution in [-0.2, 0) is 14.3 Å². The number of carboxylic acid groups (broad SMARTS) is 1. The number of carbonyl (C=O) groups is 2. The minimum atomic E-state index is -0.675. The molecule has 0 saturated carbocycles. The molecule has 1 atom stereocenters. The summed E-state index contributed by atoms with van der Waals surface area (Å²) >= 11 is 0. The summed E-state index contributed by atoms with van der Waals surface area (Å²) in [7, 11) is 0. The summed E-state index contributed by atoms with van der Waals surface area (Å²) in [6.45, 7) is 4.30. The zero-order valence-electron chi connectivity index (χ0n) is 28.1. The molecule has 0 fully saturated rings. The third-order valence-electron chi connectivity index (χ3n) is 8.17. The summed E-state index contributed by atoms with van der Waals surface area (Å²) < 4.78 is 5.62. The molecule has 4 heteroatoms. The van der Waals surface area contributed by atoms with Gasteiger partial charge in [0.2, 0.25) is 0 Å². The Kier molecular flexibility index (Phi) is 32.6. The zero-order valence-corrected chi connectivity index (χ0v) is 28.1. The van der Waals surface area contributed by atoms with Crippen LogP contribution in [0.1, 0.15) is 200 Å². The average molecular weight is 591 g/mol. The van der Waals surface area contributed by atoms with Crippen LogP contribution in [0, 0.1) is 0 Å². The maximum Gasteiger partial charge on any atom is 0.306 e. The molecule has 0 radical (unpaired) electrons. The Labute approximate surface area is 261 Å². The second kappa shape index (κ2) is 33.9. The van der Waals surface area contributed by atoms with Crippen LogP contribution >= 0.6 is 0 Å². The molecule has 0 aliphatic rings. The van der Waals surface area contributed by atoms with Crippen LogP contribution in [0.2, 0.25) is 0 Å². The molecule has 0 heterocycles. The van der Waals surface area contributed by atoms with E-state index < -0.39 is 5.97 Å². The van der Waals surface area contributed by atoms with Gasteiger partial charge in [0.1, 0.15) is 0 Å². The van der Waals surface area contributed by atoms with E-state index in [-0.39, 0.29) is 12.1 Å². The first kappa shape index (κ1) is 40.4. The summed E-state index contributed by atoms with van der Waals surface area (Å²) in [6.07, 6.45) is 43.2. The Hall–Kier alpha value is -1.58. The van der Waals surface area contributed by atoms with Gasteiger partial charge in [-0.15, -0.1) is 0 Å². The van der Waals surface area contributed by atoms with Crippen molar-refractivity contribution in [3.63, 3.8) is 0 Å². The summed E-state index contributed by atoms with van der Waals surface area (Å²) in [6, 6.07) is 0. The molecule has 0 saturated heterocycles. The van der Waals surface area contributed by atoms with Gasteiger partial charge in [-0.2, -0.15) is 0 Å². The molecule has 0 aliphatic carbocycles. The number of ether oxygens (including phenoxy) is 1. The fourth-order valence-corrected chi connectivity index (χ4v) is 5.43. The van der Waals surface area contributed by atoms with Gasteiger partial charge < -0.3 is 9.84 Å². The molecule has 0 aromatic rings. The fraction of sp³-hybridized carbons (Fsp3) is 0.842. The first-order chi connectivity index (χ1) is 20.6. The molecule has 0 aromatic heterocycles. The number of allylic oxidation sites excluding steroid dienone is 4. The van der Waals surface area contributed by atoms with Crippen molar-refractivity contribution >= 4 is 11.9 Å². The summed E-state index contributed by atoms with van der Waals surface area (Å²) in [5.41, 5.74) is 0. The van der Waals surface area contributed by atoms with Gasteiger partial charge in [-0.25, -0.2) is 0 Å². The standard InChI is InChI=1S/C38H70O4/c1-3-4-5-6-7-8-9-10-11-12-13-14-15-16-20-23-26-29-32-35-38(41)42-36(2)33-30-27-24-21-18-17-19-22-25-28-31-34-37(39)40/h7-8,10-11,36H,3-6,9,12-35H2,1-2H3,(H,39,40)/b8-7-,11-10-. The highest BCUT2D eigenvalue weighted by Crippen LogP contribution is 2.15. The van der Waals surface area contributed by atoms with E-state index >= 15 is 0 Å². The van der Waals surface area contributed by atoms with Crippen molar-refractivity contribution in [2.45, 2.75) is 206 Å². The Morgan fingerprint density at radius 3 is 1.43 bits per heavy atom. The van der Waals surface area contributed by atoms with E-state index in [0.29, 0.717) is 12.8 Å². The predicted octanol–water partition coefficient (Wildman–Crippen LogP) is 12.4. The van der Waals surface area contributed by atoms with Gasteiger partial charge in [-0.3, -0.25) is 9.59 Å². The van der Waals surface area contributed by atoms with E-state index in [4.69, 9.17) is 9.84 Å². The van der Waals surface area contributed by atoms with Crippen molar-refractivity contribution in [2.24, 2.45) is 0 Å². The van der Waals surface area contributed by atoms with Crippen molar-refractivity contribution in [3.8, 4) is 0 Å². The van der Waals surface area contributed by atoms with Gasteiger partial charge in [0.05, 0.1) is 6.10 Å². The van der Waals surface area contributed by atoms with Crippen LogP contribution < -0.4 is 0 Å². The summed E-state index contributed by atoms with van der Waals surface area (Å²) in [5.74, 6) is -0.686. The molecular weight excluding hydrogens is 520 g/mol. The van der Waals surface area contributed by atoms with Gasteiger partial charge in [0.25, 0.3) is 0 Å². The lowest BCUT2D eigenvalue weighted by atomic mass is 10.0. The van der Waals surface area contributed by atoms with Crippen LogP contribution in [0.3, 0.4) is 0 Å². The lowest BCUT2D eigenvalue weighted by molar-refractivity contribution is -0.148. The van der Waals surface area contributed by atoms with Gasteiger partial charge in [0, 0.05) is 12.8 Å². The Bertz CT molecular complexity index is 639. The lowest BCUT2D eigenvalue weighted by Gasteiger charge is -2.13. The van der Waals surface area contributed by atoms with Gasteiger partial charge in [-0.1, -0.05) is 147 Å². The molecule has 1 N–H and O–H groups in total. The molecule has 0 aliphatic heterocycles. The van der Waals surface area contributed by atoms with E-state index in [2.05, 4.69) is 31.2 Å². The van der Waals surface area contributed by atoms with Crippen molar-refractivity contribution in [1.29, 1.82) is 0 Å². The highest BCUT2D eigenvalue weighted by atomic mass is 16.5. The van der Waals surface area contributed by atoms with Crippen molar-refractivity contribution < 1.29 is 19.4 Å². The SMILES string of the molecule is CCCCC/C=C\C/C=C\CCCCCCCCCCCC(=O)OC(C)CCCCCCCCCCCCCC(=O)O. The molecule has 1 unspecified atom stereocenters. The van der Waals surface area contributed by atoms with Crippen molar-refractivity contribution in [1.82, 2.24) is 0 Å². The smallest absolute Gasteiger partial charge is 0.306 e. The number of rotatable bonds is 33. The Morgan fingerprint density at radius 2 is 0.952 bits per heavy atom. The molecule has 42 heavy (non-hydrogen) atoms. The van der Waals surface area contributed by atoms with Crippen LogP contribution in [0.15, 0.2) is 24.3 Å². The van der Waals surface area contributed by atoms with Gasteiger partial charge >= 0.3 is 11.9 Å². The molecular formula is C38H70O4. The van der Waals surface area contributed by atoms with E-state index in [9.17, 15) is 9.59 Å². The molecule has 246 valence electrons. The minimum absolute atomic E-state index is 0.0116. The normalized spacial score (nSPS) is 12.4. The summed E-state index contributed by atoms with van der Waals surface area (Å²) in [4.78, 5) is 22.6. The average Bonchev–Trinajstić information content (AvgIpc) is 2.96. The number of aliphatic carboxylic acids is 1. The highest BCUT2D eigenvalue weighted by Gasteiger charge is 2.09. The van der Waals surface area contributed by atoms with Crippen LogP contribution in [-0.4, -0.2) is 23.1 Å². The monoisotopic (exact) mass is 591 g/mol. The zero-order chi connectivity index (χ0) is 30.8. The first-order valence-corrected chi connectivity index (χ1v) is 18.3. The van der Waals surface area contributed by atoms with E-state index in [1.54, 1.807) is 0 Å². The third-order valence-corrected chi connectivity index (χ3v) is 8.17. The second-order valence-corrected chi connectivity index (χ2v) is 12.5. The third kappa shape index (κ3) is 34.6. The second-order valence-electron chi connectivity index (χ2n) is 12.5. The van der Waals surface area contributed by atoms with Gasteiger partial charge in [0.15, 0.2) is 0 Å². The van der Waals surface area contributed by atoms with Crippen molar-refractivity contribution in [2.75, 3.05) is 0 Å². The minimum Gasteiger partial charge on any atom is -0.481 e. The summed E-state index contributed by atoms with van der Waals surface area (Å²) in [5, 5.41) is 8.64. The molecule has 0 aromatic carbocycles. The van der Waals surface area contributed by atoms with E-state index in [1.807, 2.05) is 6.92 Å². The largest absolute Gasteiger partial charge is 0.481 e. The Balaban J connectivity index is 3.33. The number of carboxylic acids is 1. The van der Waals surface area contributed by atoms with E-state index in [0.717, 1.165) is 44.9 Å². The molecule has 0 bridgehead atoms.